The third-order valence-electron chi connectivity index (χ3n) is 2.91. The monoisotopic (exact) mass is 267 g/mol. The van der Waals surface area contributed by atoms with Crippen LogP contribution in [0.1, 0.15) is 25.5 Å². The molecule has 3 N–H and O–H groups in total. The molecule has 0 unspecified atom stereocenters. The molecule has 102 valence electrons. The van der Waals surface area contributed by atoms with Gasteiger partial charge in [-0.1, -0.05) is 26.0 Å². The van der Waals surface area contributed by atoms with Crippen LogP contribution in [0.2, 0.25) is 19.6 Å². The van der Waals surface area contributed by atoms with Crippen LogP contribution in [0.4, 0.5) is 0 Å². The predicted octanol–water partition coefficient (Wildman–Crippen LogP) is 2.92. The van der Waals surface area contributed by atoms with Gasteiger partial charge >= 0.3 is 0 Å². The minimum Gasteiger partial charge on any atom is -0.544 e. The number of aliphatic hydroxyl groups excluding tert-OH is 1. The second-order valence-electron chi connectivity index (χ2n) is 6.41. The summed E-state index contributed by atoms with van der Waals surface area (Å²) in [5, 5.41) is 9.33. The third-order valence-corrected chi connectivity index (χ3v) is 3.76. The molecule has 0 heterocycles. The van der Waals surface area contributed by atoms with E-state index in [1.54, 1.807) is 0 Å². The summed E-state index contributed by atoms with van der Waals surface area (Å²) in [6.07, 6.45) is 0. The fourth-order valence-electron chi connectivity index (χ4n) is 1.65. The molecule has 0 bridgehead atoms. The molecule has 0 aliphatic carbocycles. The molecule has 0 radical (unpaired) electrons. The van der Waals surface area contributed by atoms with Crippen molar-refractivity contribution in [2.45, 2.75) is 39.5 Å². The molecule has 0 aliphatic heterocycles. The molecule has 0 saturated heterocycles. The van der Waals surface area contributed by atoms with E-state index in [9.17, 15) is 5.11 Å². The molecule has 0 saturated carbocycles. The Bertz CT molecular complexity index is 382. The van der Waals surface area contributed by atoms with Crippen molar-refractivity contribution in [1.29, 1.82) is 0 Å². The number of hydrogen-bond donors (Lipinski definition) is 2. The lowest BCUT2D eigenvalue weighted by Crippen LogP contribution is -2.32. The van der Waals surface area contributed by atoms with Gasteiger partial charge in [-0.05, 0) is 37.3 Å². The van der Waals surface area contributed by atoms with Gasteiger partial charge in [0, 0.05) is 18.1 Å². The van der Waals surface area contributed by atoms with E-state index in [-0.39, 0.29) is 18.1 Å². The van der Waals surface area contributed by atoms with E-state index >= 15 is 0 Å². The average molecular weight is 267 g/mol. The van der Waals surface area contributed by atoms with Gasteiger partial charge in [0.2, 0.25) is 8.32 Å². The first-order chi connectivity index (χ1) is 8.15. The van der Waals surface area contributed by atoms with Crippen molar-refractivity contribution in [3.8, 4) is 5.75 Å². The Morgan fingerprint density at radius 1 is 1.22 bits per heavy atom. The first kappa shape index (κ1) is 15.2. The molecule has 4 heteroatoms. The van der Waals surface area contributed by atoms with Crippen LogP contribution in [0.25, 0.3) is 0 Å². The van der Waals surface area contributed by atoms with Gasteiger partial charge in [0.05, 0.1) is 0 Å². The number of nitrogens with two attached hydrogens (primary N) is 1. The van der Waals surface area contributed by atoms with E-state index < -0.39 is 8.32 Å². The Morgan fingerprint density at radius 2 is 1.72 bits per heavy atom. The second kappa shape index (κ2) is 5.43. The van der Waals surface area contributed by atoms with E-state index in [1.807, 2.05) is 38.1 Å². The molecule has 1 aromatic carbocycles. The van der Waals surface area contributed by atoms with Crippen molar-refractivity contribution in [3.05, 3.63) is 29.8 Å². The maximum atomic E-state index is 9.33. The smallest absolute Gasteiger partial charge is 0.242 e. The summed E-state index contributed by atoms with van der Waals surface area (Å²) in [7, 11) is -1.56. The normalized spacial score (nSPS) is 14.4. The van der Waals surface area contributed by atoms with E-state index in [2.05, 4.69) is 19.6 Å². The minimum absolute atomic E-state index is 0.0708. The van der Waals surface area contributed by atoms with E-state index in [4.69, 9.17) is 10.2 Å². The summed E-state index contributed by atoms with van der Waals surface area (Å²) in [6.45, 7) is 10.5. The topological polar surface area (TPSA) is 55.5 Å². The molecule has 1 aromatic rings. The highest BCUT2D eigenvalue weighted by Gasteiger charge is 2.27. The molecule has 0 amide bonds. The highest BCUT2D eigenvalue weighted by molar-refractivity contribution is 6.70. The van der Waals surface area contributed by atoms with Crippen molar-refractivity contribution in [3.63, 3.8) is 0 Å². The van der Waals surface area contributed by atoms with Gasteiger partial charge in [-0.25, -0.2) is 0 Å². The van der Waals surface area contributed by atoms with Crippen molar-refractivity contribution in [1.82, 2.24) is 0 Å². The summed E-state index contributed by atoms with van der Waals surface area (Å²) in [4.78, 5) is 0. The lowest BCUT2D eigenvalue weighted by Gasteiger charge is -2.30. The summed E-state index contributed by atoms with van der Waals surface area (Å²) in [5.41, 5.74) is 6.88. The highest BCUT2D eigenvalue weighted by atomic mass is 28.4. The highest BCUT2D eigenvalue weighted by Crippen LogP contribution is 2.31. The number of benzene rings is 1. The van der Waals surface area contributed by atoms with Crippen molar-refractivity contribution in [2.24, 2.45) is 11.1 Å². The largest absolute Gasteiger partial charge is 0.544 e. The van der Waals surface area contributed by atoms with Crippen LogP contribution >= 0.6 is 0 Å². The van der Waals surface area contributed by atoms with Crippen LogP contribution in [0.3, 0.4) is 0 Å². The van der Waals surface area contributed by atoms with Gasteiger partial charge in [-0.15, -0.1) is 0 Å². The maximum Gasteiger partial charge on any atom is 0.242 e. The summed E-state index contributed by atoms with van der Waals surface area (Å²) >= 11 is 0. The summed E-state index contributed by atoms with van der Waals surface area (Å²) in [5.74, 6) is 0.895. The molecule has 0 fully saturated rings. The SMILES string of the molecule is CC(C)(CO)[C@@H](N)c1ccc(O[Si](C)(C)C)cc1. The van der Waals surface area contributed by atoms with E-state index in [1.165, 1.54) is 0 Å². The zero-order valence-electron chi connectivity index (χ0n) is 12.0. The molecular weight excluding hydrogens is 242 g/mol. The molecule has 18 heavy (non-hydrogen) atoms. The molecule has 0 spiro atoms. The van der Waals surface area contributed by atoms with Crippen LogP contribution in [0.15, 0.2) is 24.3 Å². The second-order valence-corrected chi connectivity index (χ2v) is 10.8. The fourth-order valence-corrected chi connectivity index (χ4v) is 2.49. The van der Waals surface area contributed by atoms with E-state index in [0.29, 0.717) is 0 Å². The molecule has 0 aromatic heterocycles. The molecule has 0 aliphatic rings. The van der Waals surface area contributed by atoms with Crippen LogP contribution in [0, 0.1) is 5.41 Å². The Morgan fingerprint density at radius 3 is 2.11 bits per heavy atom. The fraction of sp³-hybridized carbons (Fsp3) is 0.571. The maximum absolute atomic E-state index is 9.33. The Balaban J connectivity index is 2.83. The summed E-state index contributed by atoms with van der Waals surface area (Å²) < 4.78 is 5.90. The van der Waals surface area contributed by atoms with Crippen molar-refractivity contribution >= 4 is 8.32 Å². The number of rotatable bonds is 5. The van der Waals surface area contributed by atoms with Crippen LogP contribution in [-0.2, 0) is 0 Å². The predicted molar refractivity (Wildman–Crippen MR) is 78.2 cm³/mol. The lowest BCUT2D eigenvalue weighted by molar-refractivity contribution is 0.132. The van der Waals surface area contributed by atoms with Gasteiger partial charge in [0.1, 0.15) is 5.75 Å². The standard InChI is InChI=1S/C14H25NO2Si/c1-14(2,10-16)13(15)11-6-8-12(9-7-11)17-18(3,4)5/h6-9,13,16H,10,15H2,1-5H3/t13-/m0/s1. The van der Waals surface area contributed by atoms with Gasteiger partial charge in [0.25, 0.3) is 0 Å². The van der Waals surface area contributed by atoms with Crippen LogP contribution in [0.5, 0.6) is 5.75 Å². The van der Waals surface area contributed by atoms with Crippen molar-refractivity contribution < 1.29 is 9.53 Å². The first-order valence-corrected chi connectivity index (χ1v) is 9.72. The minimum atomic E-state index is -1.56. The zero-order chi connectivity index (χ0) is 14.0. The van der Waals surface area contributed by atoms with E-state index in [0.717, 1.165) is 11.3 Å². The average Bonchev–Trinajstić information content (AvgIpc) is 2.27. The molecule has 1 atom stereocenters. The summed E-state index contributed by atoms with van der Waals surface area (Å²) in [6, 6.07) is 7.71. The Kier molecular flexibility index (Phi) is 4.59. The van der Waals surface area contributed by atoms with Crippen LogP contribution < -0.4 is 10.2 Å². The van der Waals surface area contributed by atoms with Gasteiger partial charge < -0.3 is 15.3 Å². The quantitative estimate of drug-likeness (QED) is 0.807. The molecule has 3 nitrogen and oxygen atoms in total. The zero-order valence-corrected chi connectivity index (χ0v) is 13.0. The number of hydrogen-bond acceptors (Lipinski definition) is 3. The molecule has 1 rings (SSSR count). The van der Waals surface area contributed by atoms with Gasteiger partial charge in [-0.2, -0.15) is 0 Å². The first-order valence-electron chi connectivity index (χ1n) is 6.31. The lowest BCUT2D eigenvalue weighted by atomic mass is 9.82. The molecular formula is C14H25NO2Si. The van der Waals surface area contributed by atoms with Crippen LogP contribution in [-0.4, -0.2) is 20.0 Å². The Labute approximate surface area is 111 Å². The number of aliphatic hydroxyl groups is 1. The Hall–Kier alpha value is -0.843. The van der Waals surface area contributed by atoms with Crippen molar-refractivity contribution in [2.75, 3.05) is 6.61 Å². The third kappa shape index (κ3) is 4.12. The van der Waals surface area contributed by atoms with Gasteiger partial charge in [-0.3, -0.25) is 0 Å². The van der Waals surface area contributed by atoms with Gasteiger partial charge in [0.15, 0.2) is 0 Å².